The molecule has 0 saturated carbocycles. The Labute approximate surface area is 114 Å². The molecule has 1 aromatic rings. The number of anilines is 1. The molecule has 0 spiro atoms. The number of rotatable bonds is 4. The van der Waals surface area contributed by atoms with Gasteiger partial charge in [-0.05, 0) is 24.6 Å². The van der Waals surface area contributed by atoms with Crippen molar-refractivity contribution in [3.8, 4) is 0 Å². The van der Waals surface area contributed by atoms with E-state index < -0.39 is 11.7 Å². The van der Waals surface area contributed by atoms with Gasteiger partial charge in [-0.1, -0.05) is 6.07 Å². The Morgan fingerprint density at radius 2 is 2.20 bits per heavy atom. The van der Waals surface area contributed by atoms with E-state index in [1.807, 2.05) is 0 Å². The average Bonchev–Trinajstić information content (AvgIpc) is 2.77. The Morgan fingerprint density at radius 3 is 2.85 bits per heavy atom. The topological polar surface area (TPSA) is 41.6 Å². The van der Waals surface area contributed by atoms with Gasteiger partial charge in [0.15, 0.2) is 0 Å². The summed E-state index contributed by atoms with van der Waals surface area (Å²) < 4.78 is 42.9. The van der Waals surface area contributed by atoms with Crippen LogP contribution in [0.5, 0.6) is 0 Å². The molecular weight excluding hydrogens is 273 g/mol. The third-order valence-electron chi connectivity index (χ3n) is 3.17. The molecule has 1 saturated heterocycles. The van der Waals surface area contributed by atoms with Crippen LogP contribution in [0.4, 0.5) is 18.9 Å². The first-order chi connectivity index (χ1) is 9.41. The van der Waals surface area contributed by atoms with Crippen LogP contribution < -0.4 is 10.4 Å². The van der Waals surface area contributed by atoms with E-state index in [0.29, 0.717) is 25.3 Å². The zero-order valence-electron chi connectivity index (χ0n) is 10.9. The van der Waals surface area contributed by atoms with Gasteiger partial charge in [-0.3, -0.25) is 15.2 Å². The average molecular weight is 288 g/mol. The Morgan fingerprint density at radius 1 is 1.45 bits per heavy atom. The van der Waals surface area contributed by atoms with Gasteiger partial charge in [0.1, 0.15) is 0 Å². The highest BCUT2D eigenvalue weighted by molar-refractivity contribution is 5.84. The molecule has 0 radical (unpaired) electrons. The van der Waals surface area contributed by atoms with E-state index in [9.17, 15) is 18.0 Å². The van der Waals surface area contributed by atoms with Gasteiger partial charge < -0.3 is 4.74 Å². The minimum absolute atomic E-state index is 0.195. The van der Waals surface area contributed by atoms with Crippen LogP contribution in [0.2, 0.25) is 0 Å². The van der Waals surface area contributed by atoms with E-state index in [1.54, 1.807) is 0 Å². The lowest BCUT2D eigenvalue weighted by Crippen LogP contribution is -2.33. The van der Waals surface area contributed by atoms with Crippen molar-refractivity contribution >= 4 is 11.6 Å². The zero-order chi connectivity index (χ0) is 14.8. The number of halogens is 3. The van der Waals surface area contributed by atoms with Gasteiger partial charge in [-0.25, -0.2) is 0 Å². The summed E-state index contributed by atoms with van der Waals surface area (Å²) in [6.45, 7) is 0.776. The smallest absolute Gasteiger partial charge is 0.385 e. The van der Waals surface area contributed by atoms with Crippen LogP contribution in [0, 0.1) is 5.92 Å². The first-order valence-electron chi connectivity index (χ1n) is 6.16. The number of nitrogens with one attached hydrogen (secondary N) is 1. The maximum atomic E-state index is 12.7. The van der Waals surface area contributed by atoms with Crippen molar-refractivity contribution in [2.24, 2.45) is 5.92 Å². The second-order valence-corrected chi connectivity index (χ2v) is 4.61. The monoisotopic (exact) mass is 288 g/mol. The molecule has 1 atom stereocenters. The number of hydrogen-bond acceptors (Lipinski definition) is 3. The molecule has 1 unspecified atom stereocenters. The number of nitrogens with zero attached hydrogens (tertiary/aromatic N) is 1. The van der Waals surface area contributed by atoms with E-state index in [2.05, 4.69) is 5.43 Å². The molecule has 1 aliphatic rings. The Kier molecular flexibility index (Phi) is 4.17. The van der Waals surface area contributed by atoms with Gasteiger partial charge >= 0.3 is 6.18 Å². The first-order valence-corrected chi connectivity index (χ1v) is 6.16. The maximum Gasteiger partial charge on any atom is 0.416 e. The molecule has 20 heavy (non-hydrogen) atoms. The number of ether oxygens (including phenoxy) is 1. The SMILES string of the molecule is COCCC1CN(c2cccc(C(F)(F)F)c2)NC1=O. The van der Waals surface area contributed by atoms with E-state index in [1.165, 1.54) is 24.3 Å². The third kappa shape index (κ3) is 3.22. The summed E-state index contributed by atoms with van der Waals surface area (Å²) in [5.41, 5.74) is 2.17. The molecule has 4 nitrogen and oxygen atoms in total. The van der Waals surface area contributed by atoms with Crippen molar-refractivity contribution in [3.63, 3.8) is 0 Å². The standard InChI is InChI=1S/C13H15F3N2O2/c1-20-6-5-9-8-18(17-12(9)19)11-4-2-3-10(7-11)13(14,15)16/h2-4,7,9H,5-6,8H2,1H3,(H,17,19). The molecule has 0 aliphatic carbocycles. The van der Waals surface area contributed by atoms with Gasteiger partial charge in [0, 0.05) is 13.7 Å². The summed E-state index contributed by atoms with van der Waals surface area (Å²) in [6, 6.07) is 4.89. The second kappa shape index (κ2) is 5.70. The number of alkyl halides is 3. The summed E-state index contributed by atoms with van der Waals surface area (Å²) >= 11 is 0. The fourth-order valence-electron chi connectivity index (χ4n) is 2.08. The zero-order valence-corrected chi connectivity index (χ0v) is 10.9. The maximum absolute atomic E-state index is 12.7. The lowest BCUT2D eigenvalue weighted by atomic mass is 10.1. The fourth-order valence-corrected chi connectivity index (χ4v) is 2.08. The molecule has 1 N–H and O–H groups in total. The quantitative estimate of drug-likeness (QED) is 0.923. The van der Waals surface area contributed by atoms with E-state index in [4.69, 9.17) is 4.74 Å². The highest BCUT2D eigenvalue weighted by atomic mass is 19.4. The molecular formula is C13H15F3N2O2. The van der Waals surface area contributed by atoms with Gasteiger partial charge in [0.25, 0.3) is 0 Å². The Balaban J connectivity index is 2.11. The predicted octanol–water partition coefficient (Wildman–Crippen LogP) is 2.21. The van der Waals surface area contributed by atoms with Crippen molar-refractivity contribution in [1.82, 2.24) is 5.43 Å². The van der Waals surface area contributed by atoms with Gasteiger partial charge in [0.05, 0.1) is 23.7 Å². The summed E-state index contributed by atoms with van der Waals surface area (Å²) in [5, 5.41) is 1.44. The molecule has 0 aromatic heterocycles. The van der Waals surface area contributed by atoms with Gasteiger partial charge in [0.2, 0.25) is 5.91 Å². The van der Waals surface area contributed by atoms with Crippen molar-refractivity contribution in [3.05, 3.63) is 29.8 Å². The fraction of sp³-hybridized carbons (Fsp3) is 0.462. The lowest BCUT2D eigenvalue weighted by molar-refractivity contribution is -0.137. The van der Waals surface area contributed by atoms with Gasteiger partial charge in [-0.15, -0.1) is 0 Å². The summed E-state index contributed by atoms with van der Waals surface area (Å²) in [7, 11) is 1.54. The number of carbonyl (C=O) groups excluding carboxylic acids is 1. The minimum Gasteiger partial charge on any atom is -0.385 e. The number of carbonyl (C=O) groups is 1. The van der Waals surface area contributed by atoms with E-state index in [-0.39, 0.29) is 11.8 Å². The van der Waals surface area contributed by atoms with Crippen LogP contribution in [0.3, 0.4) is 0 Å². The molecule has 1 fully saturated rings. The normalized spacial score (nSPS) is 19.3. The van der Waals surface area contributed by atoms with Crippen LogP contribution in [-0.2, 0) is 15.7 Å². The Bertz CT molecular complexity index is 491. The number of amides is 1. The largest absolute Gasteiger partial charge is 0.416 e. The molecule has 2 rings (SSSR count). The summed E-state index contributed by atoms with van der Waals surface area (Å²) in [4.78, 5) is 11.7. The number of methoxy groups -OCH3 is 1. The molecule has 110 valence electrons. The van der Waals surface area contributed by atoms with Crippen LogP contribution >= 0.6 is 0 Å². The van der Waals surface area contributed by atoms with Crippen molar-refractivity contribution in [2.45, 2.75) is 12.6 Å². The van der Waals surface area contributed by atoms with Crippen LogP contribution in [0.15, 0.2) is 24.3 Å². The summed E-state index contributed by atoms with van der Waals surface area (Å²) in [5.74, 6) is -0.469. The van der Waals surface area contributed by atoms with E-state index in [0.717, 1.165) is 12.1 Å². The van der Waals surface area contributed by atoms with Crippen molar-refractivity contribution in [1.29, 1.82) is 0 Å². The first kappa shape index (κ1) is 14.6. The van der Waals surface area contributed by atoms with E-state index >= 15 is 0 Å². The minimum atomic E-state index is -4.39. The highest BCUT2D eigenvalue weighted by Crippen LogP contribution is 2.32. The highest BCUT2D eigenvalue weighted by Gasteiger charge is 2.33. The van der Waals surface area contributed by atoms with Crippen molar-refractivity contribution < 1.29 is 22.7 Å². The summed E-state index contributed by atoms with van der Waals surface area (Å²) in [6.07, 6.45) is -3.85. The Hall–Kier alpha value is -1.76. The number of hydrogen-bond donors (Lipinski definition) is 1. The molecule has 7 heteroatoms. The molecule has 1 amide bonds. The number of benzene rings is 1. The van der Waals surface area contributed by atoms with Gasteiger partial charge in [-0.2, -0.15) is 13.2 Å². The second-order valence-electron chi connectivity index (χ2n) is 4.61. The van der Waals surface area contributed by atoms with Crippen LogP contribution in [0.25, 0.3) is 0 Å². The molecule has 1 aromatic carbocycles. The molecule has 0 bridgehead atoms. The third-order valence-corrected chi connectivity index (χ3v) is 3.17. The number of hydrazine groups is 1. The van der Waals surface area contributed by atoms with Crippen molar-refractivity contribution in [2.75, 3.05) is 25.3 Å². The molecule has 1 aliphatic heterocycles. The predicted molar refractivity (Wildman–Crippen MR) is 66.9 cm³/mol. The lowest BCUT2D eigenvalue weighted by Gasteiger charge is -2.19. The van der Waals surface area contributed by atoms with Crippen LogP contribution in [-0.4, -0.2) is 26.2 Å². The van der Waals surface area contributed by atoms with Crippen LogP contribution in [0.1, 0.15) is 12.0 Å². The molecule has 1 heterocycles.